The van der Waals surface area contributed by atoms with Crippen molar-refractivity contribution in [2.45, 2.75) is 39.3 Å². The van der Waals surface area contributed by atoms with Crippen molar-refractivity contribution in [3.05, 3.63) is 34.9 Å². The van der Waals surface area contributed by atoms with Crippen molar-refractivity contribution in [1.29, 1.82) is 0 Å². The molecule has 0 fully saturated rings. The van der Waals surface area contributed by atoms with Crippen LogP contribution in [-0.4, -0.2) is 35.6 Å². The summed E-state index contributed by atoms with van der Waals surface area (Å²) in [5.41, 5.74) is 1.66. The highest BCUT2D eigenvalue weighted by Crippen LogP contribution is 2.10. The van der Waals surface area contributed by atoms with E-state index < -0.39 is 6.10 Å². The molecule has 0 aliphatic rings. The first-order chi connectivity index (χ1) is 9.28. The first-order valence-electron chi connectivity index (χ1n) is 6.63. The molecule has 0 saturated carbocycles. The molecule has 0 heterocycles. The molecule has 0 spiro atoms. The molecule has 0 aliphatic carbocycles. The number of halogens is 2. The quantitative estimate of drug-likeness (QED) is 0.620. The summed E-state index contributed by atoms with van der Waals surface area (Å²) in [5.74, 6) is 0. The van der Waals surface area contributed by atoms with Crippen molar-refractivity contribution in [1.82, 2.24) is 5.32 Å². The number of rotatable bonds is 6. The van der Waals surface area contributed by atoms with Gasteiger partial charge in [-0.3, -0.25) is 0 Å². The van der Waals surface area contributed by atoms with Crippen molar-refractivity contribution < 1.29 is 9.94 Å². The van der Waals surface area contributed by atoms with Gasteiger partial charge in [0.05, 0.1) is 5.71 Å². The van der Waals surface area contributed by atoms with E-state index in [2.05, 4.69) is 10.5 Å². The van der Waals surface area contributed by atoms with E-state index in [9.17, 15) is 5.11 Å². The Balaban J connectivity index is 0.00000400. The number of benzene rings is 1. The molecule has 1 unspecified atom stereocenters. The fourth-order valence-electron chi connectivity index (χ4n) is 1.45. The van der Waals surface area contributed by atoms with E-state index >= 15 is 0 Å². The highest BCUT2D eigenvalue weighted by atomic mass is 35.5. The largest absolute Gasteiger partial charge is 0.393 e. The molecule has 0 amide bonds. The average molecular weight is 335 g/mol. The van der Waals surface area contributed by atoms with Gasteiger partial charge in [-0.15, -0.1) is 12.4 Å². The summed E-state index contributed by atoms with van der Waals surface area (Å²) in [4.78, 5) is 5.17. The number of nitrogens with one attached hydrogen (secondary N) is 1. The number of hydrogen-bond acceptors (Lipinski definition) is 4. The zero-order chi connectivity index (χ0) is 15.2. The molecule has 1 rings (SSSR count). The Morgan fingerprint density at radius 2 is 1.90 bits per heavy atom. The van der Waals surface area contributed by atoms with Gasteiger partial charge in [-0.2, -0.15) is 0 Å². The number of aliphatic hydroxyl groups excluding tert-OH is 1. The zero-order valence-corrected chi connectivity index (χ0v) is 14.5. The number of aliphatic hydroxyl groups is 1. The number of hydrogen-bond donors (Lipinski definition) is 2. The standard InChI is InChI=1S/C15H23ClN2O2.ClH/c1-11(12-5-7-13(16)8-6-12)18-20-10-14(19)9-17-15(2,3)4;/h5-8,14,17,19H,9-10H2,1-4H3;1H/b18-11+;. The minimum Gasteiger partial charge on any atom is -0.393 e. The first kappa shape index (κ1) is 20.2. The van der Waals surface area contributed by atoms with Gasteiger partial charge in [-0.05, 0) is 45.4 Å². The van der Waals surface area contributed by atoms with Gasteiger partial charge in [0.15, 0.2) is 0 Å². The fourth-order valence-corrected chi connectivity index (χ4v) is 1.57. The van der Waals surface area contributed by atoms with E-state index in [1.54, 1.807) is 12.1 Å². The number of nitrogens with zero attached hydrogens (tertiary/aromatic N) is 1. The van der Waals surface area contributed by atoms with Crippen molar-refractivity contribution in [3.63, 3.8) is 0 Å². The Morgan fingerprint density at radius 3 is 2.43 bits per heavy atom. The molecule has 120 valence electrons. The summed E-state index contributed by atoms with van der Waals surface area (Å²) >= 11 is 5.82. The van der Waals surface area contributed by atoms with Gasteiger partial charge in [-0.1, -0.05) is 28.9 Å². The molecule has 21 heavy (non-hydrogen) atoms. The van der Waals surface area contributed by atoms with Gasteiger partial charge in [-0.25, -0.2) is 0 Å². The third-order valence-electron chi connectivity index (χ3n) is 2.60. The van der Waals surface area contributed by atoms with Gasteiger partial charge in [0, 0.05) is 17.1 Å². The maximum Gasteiger partial charge on any atom is 0.144 e. The highest BCUT2D eigenvalue weighted by molar-refractivity contribution is 6.30. The predicted molar refractivity (Wildman–Crippen MR) is 90.6 cm³/mol. The maximum atomic E-state index is 9.76. The molecule has 1 aromatic carbocycles. The van der Waals surface area contributed by atoms with Crippen molar-refractivity contribution >= 4 is 29.7 Å². The maximum absolute atomic E-state index is 9.76. The minimum absolute atomic E-state index is 0. The molecule has 0 aromatic heterocycles. The van der Waals surface area contributed by atoms with Crippen LogP contribution in [0.15, 0.2) is 29.4 Å². The normalized spacial score (nSPS) is 13.5. The molecule has 0 saturated heterocycles. The van der Waals surface area contributed by atoms with Crippen LogP contribution in [0.5, 0.6) is 0 Å². The smallest absolute Gasteiger partial charge is 0.144 e. The second kappa shape index (κ2) is 9.26. The molecule has 2 N–H and O–H groups in total. The molecule has 0 aliphatic heterocycles. The lowest BCUT2D eigenvalue weighted by molar-refractivity contribution is 0.0373. The fraction of sp³-hybridized carbons (Fsp3) is 0.533. The van der Waals surface area contributed by atoms with E-state index in [-0.39, 0.29) is 24.6 Å². The lowest BCUT2D eigenvalue weighted by Crippen LogP contribution is -2.42. The summed E-state index contributed by atoms with van der Waals surface area (Å²) in [5, 5.41) is 17.6. The Morgan fingerprint density at radius 1 is 1.33 bits per heavy atom. The third kappa shape index (κ3) is 8.94. The highest BCUT2D eigenvalue weighted by Gasteiger charge is 2.12. The average Bonchev–Trinajstić information content (AvgIpc) is 2.36. The lowest BCUT2D eigenvalue weighted by Gasteiger charge is -2.22. The van der Waals surface area contributed by atoms with E-state index in [0.29, 0.717) is 11.6 Å². The Bertz CT molecular complexity index is 442. The monoisotopic (exact) mass is 334 g/mol. The lowest BCUT2D eigenvalue weighted by atomic mass is 10.1. The van der Waals surface area contributed by atoms with Crippen molar-refractivity contribution in [3.8, 4) is 0 Å². The summed E-state index contributed by atoms with van der Waals surface area (Å²) in [7, 11) is 0. The number of β-amino-alcohol motifs (C(OH)–C–C–N with tert-alkyl or cyclic N) is 1. The third-order valence-corrected chi connectivity index (χ3v) is 2.85. The van der Waals surface area contributed by atoms with E-state index in [0.717, 1.165) is 11.3 Å². The summed E-state index contributed by atoms with van der Waals surface area (Å²) in [6.45, 7) is 8.62. The minimum atomic E-state index is -0.587. The Kier molecular flexibility index (Phi) is 8.90. The topological polar surface area (TPSA) is 53.9 Å². The van der Waals surface area contributed by atoms with Crippen molar-refractivity contribution in [2.75, 3.05) is 13.2 Å². The summed E-state index contributed by atoms with van der Waals surface area (Å²) in [6, 6.07) is 7.36. The Labute approximate surface area is 137 Å². The van der Waals surface area contributed by atoms with E-state index in [1.807, 2.05) is 39.8 Å². The first-order valence-corrected chi connectivity index (χ1v) is 7.01. The second-order valence-corrected chi connectivity index (χ2v) is 6.20. The van der Waals surface area contributed by atoms with Crippen LogP contribution in [0, 0.1) is 0 Å². The van der Waals surface area contributed by atoms with Gasteiger partial charge in [0.1, 0.15) is 12.7 Å². The molecule has 4 nitrogen and oxygen atoms in total. The van der Waals surface area contributed by atoms with Crippen LogP contribution in [0.1, 0.15) is 33.3 Å². The zero-order valence-electron chi connectivity index (χ0n) is 12.9. The molecule has 1 aromatic rings. The molecular formula is C15H24Cl2N2O2. The van der Waals surface area contributed by atoms with Gasteiger partial charge < -0.3 is 15.3 Å². The molecule has 0 bridgehead atoms. The van der Waals surface area contributed by atoms with Crippen molar-refractivity contribution in [2.24, 2.45) is 5.16 Å². The van der Waals surface area contributed by atoms with Crippen LogP contribution in [-0.2, 0) is 4.84 Å². The van der Waals surface area contributed by atoms with E-state index in [1.165, 1.54) is 0 Å². The predicted octanol–water partition coefficient (Wildman–Crippen LogP) is 3.25. The van der Waals surface area contributed by atoms with Crippen LogP contribution in [0.3, 0.4) is 0 Å². The van der Waals surface area contributed by atoms with Crippen LogP contribution in [0.25, 0.3) is 0 Å². The van der Waals surface area contributed by atoms with Crippen LogP contribution >= 0.6 is 24.0 Å². The van der Waals surface area contributed by atoms with Crippen LogP contribution in [0.2, 0.25) is 5.02 Å². The molecule has 0 radical (unpaired) electrons. The Hall–Kier alpha value is -0.810. The van der Waals surface area contributed by atoms with Gasteiger partial charge in [0.2, 0.25) is 0 Å². The summed E-state index contributed by atoms with van der Waals surface area (Å²) in [6.07, 6.45) is -0.587. The second-order valence-electron chi connectivity index (χ2n) is 5.76. The SMILES string of the molecule is C/C(=N\OCC(O)CNC(C)(C)C)c1ccc(Cl)cc1.Cl. The molecule has 6 heteroatoms. The van der Waals surface area contributed by atoms with Gasteiger partial charge in [0.25, 0.3) is 0 Å². The van der Waals surface area contributed by atoms with Gasteiger partial charge >= 0.3 is 0 Å². The molecular weight excluding hydrogens is 311 g/mol. The number of oxime groups is 1. The summed E-state index contributed by atoms with van der Waals surface area (Å²) < 4.78 is 0. The van der Waals surface area contributed by atoms with Crippen LogP contribution in [0.4, 0.5) is 0 Å². The molecule has 1 atom stereocenters. The van der Waals surface area contributed by atoms with E-state index in [4.69, 9.17) is 16.4 Å². The van der Waals surface area contributed by atoms with Crippen LogP contribution < -0.4 is 5.32 Å².